The average molecular weight is 207 g/mol. The SMILES string of the molecule is CCCCCO.[Sn]. The van der Waals surface area contributed by atoms with E-state index in [4.69, 9.17) is 5.11 Å². The Morgan fingerprint density at radius 1 is 1.29 bits per heavy atom. The molecule has 0 aromatic rings. The van der Waals surface area contributed by atoms with E-state index < -0.39 is 0 Å². The van der Waals surface area contributed by atoms with Crippen LogP contribution in [0.15, 0.2) is 0 Å². The maximum absolute atomic E-state index is 8.20. The molecule has 0 bridgehead atoms. The minimum atomic E-state index is 0. The predicted octanol–water partition coefficient (Wildman–Crippen LogP) is 0.788. The molecular formula is C5H12OSn. The Morgan fingerprint density at radius 2 is 1.86 bits per heavy atom. The fraction of sp³-hybridized carbons (Fsp3) is 1.00. The summed E-state index contributed by atoms with van der Waals surface area (Å²) in [4.78, 5) is 0. The van der Waals surface area contributed by atoms with Crippen molar-refractivity contribution < 1.29 is 5.11 Å². The number of unbranched alkanes of at least 4 members (excludes halogenated alkanes) is 2. The van der Waals surface area contributed by atoms with Gasteiger partial charge in [-0.2, -0.15) is 0 Å². The molecular weight excluding hydrogens is 195 g/mol. The molecule has 0 saturated carbocycles. The van der Waals surface area contributed by atoms with E-state index in [0.29, 0.717) is 6.61 Å². The van der Waals surface area contributed by atoms with Gasteiger partial charge in [0.1, 0.15) is 0 Å². The molecule has 0 aliphatic carbocycles. The van der Waals surface area contributed by atoms with Crippen LogP contribution in [0.4, 0.5) is 0 Å². The Kier molecular flexibility index (Phi) is 15.1. The number of rotatable bonds is 3. The van der Waals surface area contributed by atoms with Crippen LogP contribution in [-0.2, 0) is 0 Å². The summed E-state index contributed by atoms with van der Waals surface area (Å²) >= 11 is 0. The van der Waals surface area contributed by atoms with Crippen molar-refractivity contribution in [1.82, 2.24) is 0 Å². The third-order valence-corrected chi connectivity index (χ3v) is 0.762. The fourth-order valence-electron chi connectivity index (χ4n) is 0.362. The summed E-state index contributed by atoms with van der Waals surface area (Å²) in [5.41, 5.74) is 0. The van der Waals surface area contributed by atoms with Crippen LogP contribution in [0.1, 0.15) is 26.2 Å². The first kappa shape index (κ1) is 10.7. The quantitative estimate of drug-likeness (QED) is 0.535. The van der Waals surface area contributed by atoms with E-state index in [1.165, 1.54) is 6.42 Å². The maximum atomic E-state index is 8.20. The molecule has 7 heavy (non-hydrogen) atoms. The zero-order valence-electron chi connectivity index (χ0n) is 4.78. The standard InChI is InChI=1S/C5H12O.Sn/c1-2-3-4-5-6;/h6H,2-5H2,1H3;. The van der Waals surface area contributed by atoms with Gasteiger partial charge in [-0.3, -0.25) is 0 Å². The van der Waals surface area contributed by atoms with Crippen molar-refractivity contribution >= 4 is 23.9 Å². The first-order valence-corrected chi connectivity index (χ1v) is 2.52. The largest absolute Gasteiger partial charge is 0.396 e. The molecule has 0 heterocycles. The molecule has 4 radical (unpaired) electrons. The molecule has 0 rings (SSSR count). The van der Waals surface area contributed by atoms with Gasteiger partial charge in [0, 0.05) is 30.5 Å². The summed E-state index contributed by atoms with van der Waals surface area (Å²) in [6.45, 7) is 2.48. The average Bonchev–Trinajstić information content (AvgIpc) is 1.61. The molecule has 42 valence electrons. The molecule has 0 atom stereocenters. The first-order chi connectivity index (χ1) is 2.91. The van der Waals surface area contributed by atoms with Gasteiger partial charge in [-0.1, -0.05) is 19.8 Å². The van der Waals surface area contributed by atoms with Crippen LogP contribution in [-0.4, -0.2) is 35.6 Å². The summed E-state index contributed by atoms with van der Waals surface area (Å²) < 4.78 is 0. The molecule has 0 aliphatic heterocycles. The maximum Gasteiger partial charge on any atom is 0.0431 e. The molecule has 0 aromatic carbocycles. The summed E-state index contributed by atoms with van der Waals surface area (Å²) in [5, 5.41) is 8.20. The van der Waals surface area contributed by atoms with Gasteiger partial charge in [0.25, 0.3) is 0 Å². The van der Waals surface area contributed by atoms with Crippen LogP contribution in [0.5, 0.6) is 0 Å². The van der Waals surface area contributed by atoms with Crippen LogP contribution >= 0.6 is 0 Å². The second-order valence-electron chi connectivity index (χ2n) is 1.43. The van der Waals surface area contributed by atoms with E-state index >= 15 is 0 Å². The molecule has 0 aromatic heterocycles. The summed E-state index contributed by atoms with van der Waals surface area (Å²) in [7, 11) is 0. The van der Waals surface area contributed by atoms with E-state index in [-0.39, 0.29) is 23.9 Å². The zero-order chi connectivity index (χ0) is 4.83. The predicted molar refractivity (Wildman–Crippen MR) is 32.4 cm³/mol. The topological polar surface area (TPSA) is 20.2 Å². The van der Waals surface area contributed by atoms with E-state index in [1.54, 1.807) is 0 Å². The Hall–Kier alpha value is 0.759. The van der Waals surface area contributed by atoms with Crippen molar-refractivity contribution in [3.8, 4) is 0 Å². The van der Waals surface area contributed by atoms with Crippen molar-refractivity contribution in [1.29, 1.82) is 0 Å². The van der Waals surface area contributed by atoms with E-state index in [0.717, 1.165) is 12.8 Å². The summed E-state index contributed by atoms with van der Waals surface area (Å²) in [5.74, 6) is 0. The normalized spacial score (nSPS) is 7.71. The van der Waals surface area contributed by atoms with Crippen LogP contribution in [0.25, 0.3) is 0 Å². The van der Waals surface area contributed by atoms with Crippen LogP contribution < -0.4 is 0 Å². The van der Waals surface area contributed by atoms with Gasteiger partial charge in [0.15, 0.2) is 0 Å². The number of hydrogen-bond acceptors (Lipinski definition) is 1. The molecule has 1 N–H and O–H groups in total. The second-order valence-corrected chi connectivity index (χ2v) is 1.43. The molecule has 0 aliphatic rings. The van der Waals surface area contributed by atoms with Gasteiger partial charge in [0.2, 0.25) is 0 Å². The Bertz CT molecular complexity index is 20.0. The van der Waals surface area contributed by atoms with Gasteiger partial charge >= 0.3 is 0 Å². The minimum absolute atomic E-state index is 0. The van der Waals surface area contributed by atoms with Gasteiger partial charge in [-0.05, 0) is 6.42 Å². The monoisotopic (exact) mass is 208 g/mol. The van der Waals surface area contributed by atoms with Crippen LogP contribution in [0.3, 0.4) is 0 Å². The number of aliphatic hydroxyl groups is 1. The van der Waals surface area contributed by atoms with Gasteiger partial charge in [-0.25, -0.2) is 0 Å². The fourth-order valence-corrected chi connectivity index (χ4v) is 0.362. The molecule has 0 fully saturated rings. The minimum Gasteiger partial charge on any atom is -0.396 e. The summed E-state index contributed by atoms with van der Waals surface area (Å²) in [6.07, 6.45) is 3.33. The molecule has 0 spiro atoms. The molecule has 0 unspecified atom stereocenters. The zero-order valence-corrected chi connectivity index (χ0v) is 7.63. The molecule has 2 heteroatoms. The van der Waals surface area contributed by atoms with Crippen molar-refractivity contribution in [3.63, 3.8) is 0 Å². The van der Waals surface area contributed by atoms with Gasteiger partial charge in [-0.15, -0.1) is 0 Å². The number of aliphatic hydroxyl groups excluding tert-OH is 1. The van der Waals surface area contributed by atoms with Crippen molar-refractivity contribution in [2.24, 2.45) is 0 Å². The van der Waals surface area contributed by atoms with Crippen molar-refractivity contribution in [2.75, 3.05) is 6.61 Å². The van der Waals surface area contributed by atoms with Crippen LogP contribution in [0.2, 0.25) is 0 Å². The smallest absolute Gasteiger partial charge is 0.0431 e. The second kappa shape index (κ2) is 9.90. The Balaban J connectivity index is 0. The Labute approximate surface area is 62.1 Å². The molecule has 1 nitrogen and oxygen atoms in total. The third kappa shape index (κ3) is 10.8. The van der Waals surface area contributed by atoms with Crippen LogP contribution in [0, 0.1) is 0 Å². The van der Waals surface area contributed by atoms with Gasteiger partial charge < -0.3 is 5.11 Å². The van der Waals surface area contributed by atoms with E-state index in [9.17, 15) is 0 Å². The van der Waals surface area contributed by atoms with Crippen molar-refractivity contribution in [3.05, 3.63) is 0 Å². The van der Waals surface area contributed by atoms with Crippen molar-refractivity contribution in [2.45, 2.75) is 26.2 Å². The molecule has 0 amide bonds. The van der Waals surface area contributed by atoms with E-state index in [2.05, 4.69) is 6.92 Å². The number of hydrogen-bond donors (Lipinski definition) is 1. The summed E-state index contributed by atoms with van der Waals surface area (Å²) in [6, 6.07) is 0. The first-order valence-electron chi connectivity index (χ1n) is 2.52. The Morgan fingerprint density at radius 3 is 2.00 bits per heavy atom. The third-order valence-electron chi connectivity index (χ3n) is 0.762. The van der Waals surface area contributed by atoms with E-state index in [1.807, 2.05) is 0 Å². The van der Waals surface area contributed by atoms with Gasteiger partial charge in [0.05, 0.1) is 0 Å². The molecule has 0 saturated heterocycles.